The molecule has 1 aliphatic rings. The van der Waals surface area contributed by atoms with E-state index in [4.69, 9.17) is 37.7 Å². The smallest absolute Gasteiger partial charge is 0.337 e. The second-order valence-corrected chi connectivity index (χ2v) is 8.25. The summed E-state index contributed by atoms with van der Waals surface area (Å²) in [6, 6.07) is 15.5. The second-order valence-electron chi connectivity index (χ2n) is 7.40. The third kappa shape index (κ3) is 5.56. The van der Waals surface area contributed by atoms with Gasteiger partial charge in [-0.3, -0.25) is 10.1 Å². The normalized spacial score (nSPS) is 13.3. The zero-order chi connectivity index (χ0) is 24.1. The summed E-state index contributed by atoms with van der Waals surface area (Å²) in [4.78, 5) is 26.8. The highest BCUT2D eigenvalue weighted by Crippen LogP contribution is 2.29. The number of ether oxygens (including phenoxy) is 2. The average molecular weight is 500 g/mol. The Morgan fingerprint density at radius 2 is 1.79 bits per heavy atom. The van der Waals surface area contributed by atoms with Crippen LogP contribution < -0.4 is 15.5 Å². The number of morpholine rings is 1. The monoisotopic (exact) mass is 499 g/mol. The Kier molecular flexibility index (Phi) is 7.46. The molecule has 0 aliphatic carbocycles. The number of esters is 1. The lowest BCUT2D eigenvalue weighted by molar-refractivity contribution is 0.0600. The van der Waals surface area contributed by atoms with Crippen LogP contribution in [0, 0.1) is 0 Å². The van der Waals surface area contributed by atoms with E-state index in [-0.39, 0.29) is 10.9 Å². The van der Waals surface area contributed by atoms with Crippen LogP contribution in [-0.4, -0.2) is 50.4 Å². The van der Waals surface area contributed by atoms with Gasteiger partial charge in [-0.15, -0.1) is 0 Å². The molecule has 3 aromatic rings. The molecule has 4 rings (SSSR count). The number of nitrogens with zero attached hydrogens (tertiary/aromatic N) is 1. The molecular weight excluding hydrogens is 478 g/mol. The van der Waals surface area contributed by atoms with Gasteiger partial charge in [0.05, 0.1) is 37.3 Å². The number of amides is 1. The molecular formula is C24H22ClN3O5S. The number of hydrogen-bond acceptors (Lipinski definition) is 7. The number of thiocarbonyl (C=S) groups is 1. The highest BCUT2D eigenvalue weighted by molar-refractivity contribution is 7.80. The molecule has 1 saturated heterocycles. The molecule has 2 N–H and O–H groups in total. The van der Waals surface area contributed by atoms with E-state index in [0.29, 0.717) is 48.3 Å². The molecule has 0 saturated carbocycles. The molecule has 176 valence electrons. The highest BCUT2D eigenvalue weighted by Gasteiger charge is 2.19. The zero-order valence-electron chi connectivity index (χ0n) is 18.3. The van der Waals surface area contributed by atoms with Crippen molar-refractivity contribution in [1.82, 2.24) is 5.32 Å². The van der Waals surface area contributed by atoms with Crippen LogP contribution in [0.2, 0.25) is 5.02 Å². The minimum absolute atomic E-state index is 0.0611. The molecule has 1 aromatic heterocycles. The summed E-state index contributed by atoms with van der Waals surface area (Å²) < 4.78 is 15.9. The SMILES string of the molecule is COC(=O)c1ccc(N2CCOCC2)c(NC(=S)NC(=O)c2ccc(-c3ccc(Cl)cc3)o2)c1. The average Bonchev–Trinajstić information content (AvgIpc) is 3.35. The maximum absolute atomic E-state index is 12.7. The summed E-state index contributed by atoms with van der Waals surface area (Å²) in [7, 11) is 1.32. The lowest BCUT2D eigenvalue weighted by Gasteiger charge is -2.31. The number of furan rings is 1. The van der Waals surface area contributed by atoms with E-state index >= 15 is 0 Å². The van der Waals surface area contributed by atoms with Crippen molar-refractivity contribution in [3.8, 4) is 11.3 Å². The van der Waals surface area contributed by atoms with Crippen LogP contribution in [0.25, 0.3) is 11.3 Å². The molecule has 0 spiro atoms. The van der Waals surface area contributed by atoms with E-state index in [0.717, 1.165) is 11.3 Å². The minimum Gasteiger partial charge on any atom is -0.465 e. The van der Waals surface area contributed by atoms with Crippen LogP contribution in [0.5, 0.6) is 0 Å². The number of halogens is 1. The van der Waals surface area contributed by atoms with Crippen LogP contribution in [0.4, 0.5) is 11.4 Å². The van der Waals surface area contributed by atoms with E-state index in [1.807, 2.05) is 6.07 Å². The van der Waals surface area contributed by atoms with Gasteiger partial charge in [0.15, 0.2) is 10.9 Å². The number of rotatable bonds is 5. The van der Waals surface area contributed by atoms with Gasteiger partial charge in [-0.2, -0.15) is 0 Å². The van der Waals surface area contributed by atoms with E-state index in [1.54, 1.807) is 48.5 Å². The first-order chi connectivity index (χ1) is 16.4. The van der Waals surface area contributed by atoms with Crippen molar-refractivity contribution in [2.75, 3.05) is 43.6 Å². The van der Waals surface area contributed by atoms with E-state index < -0.39 is 11.9 Å². The van der Waals surface area contributed by atoms with Crippen LogP contribution >= 0.6 is 23.8 Å². The van der Waals surface area contributed by atoms with Crippen molar-refractivity contribution < 1.29 is 23.5 Å². The van der Waals surface area contributed by atoms with Crippen LogP contribution in [0.3, 0.4) is 0 Å². The van der Waals surface area contributed by atoms with Crippen molar-refractivity contribution in [2.45, 2.75) is 0 Å². The van der Waals surface area contributed by atoms with Gasteiger partial charge in [0.1, 0.15) is 5.76 Å². The quantitative estimate of drug-likeness (QED) is 0.395. The van der Waals surface area contributed by atoms with Gasteiger partial charge in [0.25, 0.3) is 5.91 Å². The number of carbonyl (C=O) groups excluding carboxylic acids is 2. The molecule has 2 heterocycles. The first-order valence-corrected chi connectivity index (χ1v) is 11.3. The molecule has 1 amide bonds. The Labute approximate surface area is 206 Å². The lowest BCUT2D eigenvalue weighted by atomic mass is 10.1. The second kappa shape index (κ2) is 10.7. The van der Waals surface area contributed by atoms with Gasteiger partial charge in [-0.25, -0.2) is 4.79 Å². The van der Waals surface area contributed by atoms with Crippen LogP contribution in [0.15, 0.2) is 59.0 Å². The number of nitrogens with one attached hydrogen (secondary N) is 2. The number of hydrogen-bond donors (Lipinski definition) is 2. The van der Waals surface area contributed by atoms with Gasteiger partial charge in [0, 0.05) is 23.7 Å². The number of methoxy groups -OCH3 is 1. The van der Waals surface area contributed by atoms with Crippen molar-refractivity contribution in [2.24, 2.45) is 0 Å². The molecule has 8 nitrogen and oxygen atoms in total. The fourth-order valence-corrected chi connectivity index (χ4v) is 3.84. The molecule has 10 heteroatoms. The van der Waals surface area contributed by atoms with Gasteiger partial charge >= 0.3 is 5.97 Å². The lowest BCUT2D eigenvalue weighted by Crippen LogP contribution is -2.38. The fourth-order valence-electron chi connectivity index (χ4n) is 3.51. The summed E-state index contributed by atoms with van der Waals surface area (Å²) in [6.07, 6.45) is 0. The van der Waals surface area contributed by atoms with Crippen LogP contribution in [0.1, 0.15) is 20.9 Å². The zero-order valence-corrected chi connectivity index (χ0v) is 19.9. The predicted octanol–water partition coefficient (Wildman–Crippen LogP) is 4.35. The van der Waals surface area contributed by atoms with E-state index in [9.17, 15) is 9.59 Å². The van der Waals surface area contributed by atoms with E-state index in [1.165, 1.54) is 7.11 Å². The van der Waals surface area contributed by atoms with Crippen molar-refractivity contribution in [3.05, 3.63) is 70.9 Å². The van der Waals surface area contributed by atoms with Crippen molar-refractivity contribution >= 4 is 52.2 Å². The molecule has 0 atom stereocenters. The molecule has 34 heavy (non-hydrogen) atoms. The molecule has 0 bridgehead atoms. The Morgan fingerprint density at radius 1 is 1.06 bits per heavy atom. The predicted molar refractivity (Wildman–Crippen MR) is 134 cm³/mol. The summed E-state index contributed by atoms with van der Waals surface area (Å²) in [5.74, 6) is -0.349. The summed E-state index contributed by atoms with van der Waals surface area (Å²) >= 11 is 11.3. The standard InChI is InChI=1S/C24H22ClN3O5S/c1-31-23(30)16-4-7-19(28-10-12-32-13-11-28)18(14-16)26-24(34)27-22(29)21-9-8-20(33-21)15-2-5-17(25)6-3-15/h2-9,14H,10-13H2,1H3,(H2,26,27,29,34). The Morgan fingerprint density at radius 3 is 2.50 bits per heavy atom. The maximum Gasteiger partial charge on any atom is 0.337 e. The third-order valence-corrected chi connectivity index (χ3v) is 5.66. The Bertz CT molecular complexity index is 1210. The largest absolute Gasteiger partial charge is 0.465 e. The van der Waals surface area contributed by atoms with Crippen molar-refractivity contribution in [1.29, 1.82) is 0 Å². The molecule has 0 unspecified atom stereocenters. The molecule has 0 radical (unpaired) electrons. The van der Waals surface area contributed by atoms with Crippen molar-refractivity contribution in [3.63, 3.8) is 0 Å². The number of benzene rings is 2. The van der Waals surface area contributed by atoms with Crippen LogP contribution in [-0.2, 0) is 9.47 Å². The Balaban J connectivity index is 1.49. The Hall–Kier alpha value is -3.40. The first kappa shape index (κ1) is 23.7. The highest BCUT2D eigenvalue weighted by atomic mass is 35.5. The molecule has 1 fully saturated rings. The number of carbonyl (C=O) groups is 2. The topological polar surface area (TPSA) is 93.0 Å². The van der Waals surface area contributed by atoms with E-state index in [2.05, 4.69) is 15.5 Å². The van der Waals surface area contributed by atoms with Gasteiger partial charge < -0.3 is 24.1 Å². The maximum atomic E-state index is 12.7. The molecule has 2 aromatic carbocycles. The first-order valence-electron chi connectivity index (χ1n) is 10.5. The summed E-state index contributed by atoms with van der Waals surface area (Å²) in [5, 5.41) is 6.31. The summed E-state index contributed by atoms with van der Waals surface area (Å²) in [6.45, 7) is 2.55. The molecule has 1 aliphatic heterocycles. The number of anilines is 2. The summed E-state index contributed by atoms with van der Waals surface area (Å²) in [5.41, 5.74) is 2.54. The van der Waals surface area contributed by atoms with Gasteiger partial charge in [0.2, 0.25) is 0 Å². The van der Waals surface area contributed by atoms with Gasteiger partial charge in [-0.1, -0.05) is 11.6 Å². The fraction of sp³-hybridized carbons (Fsp3) is 0.208. The minimum atomic E-state index is -0.505. The van der Waals surface area contributed by atoms with Gasteiger partial charge in [-0.05, 0) is 66.8 Å². The third-order valence-electron chi connectivity index (χ3n) is 5.20.